The van der Waals surface area contributed by atoms with E-state index in [1.54, 1.807) is 19.1 Å². The molecule has 1 amide bonds. The Balaban J connectivity index is 2.99. The van der Waals surface area contributed by atoms with Gasteiger partial charge in [0, 0.05) is 27.0 Å². The van der Waals surface area contributed by atoms with Crippen LogP contribution in [0.4, 0.5) is 5.82 Å². The number of anilines is 1. The molecule has 0 fully saturated rings. The van der Waals surface area contributed by atoms with E-state index in [1.807, 2.05) is 6.92 Å². The summed E-state index contributed by atoms with van der Waals surface area (Å²) in [6.07, 6.45) is 1.37. The lowest BCUT2D eigenvalue weighted by Crippen LogP contribution is -2.43. The molecule has 1 aromatic heterocycles. The number of amides is 1. The van der Waals surface area contributed by atoms with Crippen LogP contribution in [0, 0.1) is 0 Å². The van der Waals surface area contributed by atoms with Crippen molar-refractivity contribution in [1.29, 1.82) is 0 Å². The Morgan fingerprint density at radius 1 is 1.50 bits per heavy atom. The van der Waals surface area contributed by atoms with Gasteiger partial charge in [-0.2, -0.15) is 0 Å². The predicted octanol–water partition coefficient (Wildman–Crippen LogP) is 1.44. The van der Waals surface area contributed by atoms with E-state index in [2.05, 4.69) is 4.98 Å². The van der Waals surface area contributed by atoms with Crippen LogP contribution in [0.1, 0.15) is 17.3 Å². The van der Waals surface area contributed by atoms with Gasteiger partial charge in [-0.05, 0) is 13.0 Å². The Morgan fingerprint density at radius 2 is 2.20 bits per heavy atom. The van der Waals surface area contributed by atoms with E-state index in [-0.39, 0.29) is 22.8 Å². The van der Waals surface area contributed by atoms with Gasteiger partial charge < -0.3 is 20.1 Å². The number of hydrogen-bond donors (Lipinski definition) is 1. The standard InChI is InChI=1S/C13H20ClN3O3/c1-9(8-20-3)17(4-5-19-2)13(18)10-6-12(15)16-7-11(10)14/h6-7,9H,4-5,8H2,1-3H3,(H2,15,16). The quantitative estimate of drug-likeness (QED) is 0.824. The second-order valence-corrected chi connectivity index (χ2v) is 4.79. The lowest BCUT2D eigenvalue weighted by molar-refractivity contribution is 0.0479. The van der Waals surface area contributed by atoms with E-state index in [0.29, 0.717) is 25.3 Å². The maximum Gasteiger partial charge on any atom is 0.255 e. The third-order valence-corrected chi connectivity index (χ3v) is 3.15. The number of halogens is 1. The number of rotatable bonds is 7. The molecule has 0 aromatic carbocycles. The monoisotopic (exact) mass is 301 g/mol. The van der Waals surface area contributed by atoms with E-state index < -0.39 is 0 Å². The third-order valence-electron chi connectivity index (χ3n) is 2.84. The van der Waals surface area contributed by atoms with Crippen molar-refractivity contribution in [1.82, 2.24) is 9.88 Å². The molecule has 0 bridgehead atoms. The Hall–Kier alpha value is -1.37. The second-order valence-electron chi connectivity index (χ2n) is 4.38. The molecule has 1 heterocycles. The molecule has 1 aromatic rings. The lowest BCUT2D eigenvalue weighted by Gasteiger charge is -2.29. The molecular weight excluding hydrogens is 282 g/mol. The molecule has 112 valence electrons. The Kier molecular flexibility index (Phi) is 6.70. The summed E-state index contributed by atoms with van der Waals surface area (Å²) >= 11 is 6.02. The topological polar surface area (TPSA) is 77.7 Å². The molecule has 1 atom stereocenters. The Morgan fingerprint density at radius 3 is 2.80 bits per heavy atom. The molecule has 6 nitrogen and oxygen atoms in total. The predicted molar refractivity (Wildman–Crippen MR) is 77.9 cm³/mol. The average Bonchev–Trinajstić information content (AvgIpc) is 2.42. The number of nitrogen functional groups attached to an aromatic ring is 1. The number of ether oxygens (including phenoxy) is 2. The maximum atomic E-state index is 12.6. The largest absolute Gasteiger partial charge is 0.384 e. The molecule has 1 rings (SSSR count). The Bertz CT molecular complexity index is 456. The minimum absolute atomic E-state index is 0.104. The van der Waals surface area contributed by atoms with Gasteiger partial charge in [0.1, 0.15) is 5.82 Å². The molecule has 1 unspecified atom stereocenters. The highest BCUT2D eigenvalue weighted by molar-refractivity contribution is 6.33. The summed E-state index contributed by atoms with van der Waals surface area (Å²) in [4.78, 5) is 18.1. The first-order valence-corrected chi connectivity index (χ1v) is 6.59. The summed E-state index contributed by atoms with van der Waals surface area (Å²) in [5, 5.41) is 0.274. The van der Waals surface area contributed by atoms with Crippen molar-refractivity contribution in [3.8, 4) is 0 Å². The molecule has 2 N–H and O–H groups in total. The molecular formula is C13H20ClN3O3. The minimum Gasteiger partial charge on any atom is -0.384 e. The zero-order valence-corrected chi connectivity index (χ0v) is 12.7. The first-order chi connectivity index (χ1) is 9.51. The van der Waals surface area contributed by atoms with E-state index in [1.165, 1.54) is 12.3 Å². The fourth-order valence-corrected chi connectivity index (χ4v) is 2.00. The van der Waals surface area contributed by atoms with Gasteiger partial charge in [0.2, 0.25) is 0 Å². The molecule has 0 aliphatic rings. The second kappa shape index (κ2) is 8.04. The zero-order chi connectivity index (χ0) is 15.1. The summed E-state index contributed by atoms with van der Waals surface area (Å²) in [5.41, 5.74) is 5.94. The number of aromatic nitrogens is 1. The first-order valence-electron chi connectivity index (χ1n) is 6.21. The van der Waals surface area contributed by atoms with Crippen LogP contribution in [0.3, 0.4) is 0 Å². The van der Waals surface area contributed by atoms with Gasteiger partial charge in [0.05, 0.1) is 29.8 Å². The van der Waals surface area contributed by atoms with Crippen LogP contribution in [0.15, 0.2) is 12.3 Å². The number of hydrogen-bond acceptors (Lipinski definition) is 5. The van der Waals surface area contributed by atoms with E-state index in [9.17, 15) is 4.79 Å². The molecule has 7 heteroatoms. The van der Waals surface area contributed by atoms with Crippen molar-refractivity contribution in [2.45, 2.75) is 13.0 Å². The van der Waals surface area contributed by atoms with Crippen molar-refractivity contribution >= 4 is 23.3 Å². The van der Waals surface area contributed by atoms with Crippen LogP contribution in [0.2, 0.25) is 5.02 Å². The first kappa shape index (κ1) is 16.7. The van der Waals surface area contributed by atoms with Crippen molar-refractivity contribution in [2.75, 3.05) is 39.7 Å². The summed E-state index contributed by atoms with van der Waals surface area (Å²) in [6.45, 7) is 3.19. The highest BCUT2D eigenvalue weighted by atomic mass is 35.5. The molecule has 20 heavy (non-hydrogen) atoms. The molecule has 0 aliphatic heterocycles. The summed E-state index contributed by atoms with van der Waals surface area (Å²) in [5.74, 6) is 0.0366. The summed E-state index contributed by atoms with van der Waals surface area (Å²) in [7, 11) is 3.17. The molecule has 0 radical (unpaired) electrons. The van der Waals surface area contributed by atoms with Crippen LogP contribution in [-0.2, 0) is 9.47 Å². The number of pyridine rings is 1. The number of methoxy groups -OCH3 is 2. The summed E-state index contributed by atoms with van der Waals surface area (Å²) < 4.78 is 10.1. The van der Waals surface area contributed by atoms with Gasteiger partial charge in [-0.25, -0.2) is 4.98 Å². The molecule has 0 saturated carbocycles. The van der Waals surface area contributed by atoms with Crippen molar-refractivity contribution in [3.05, 3.63) is 22.8 Å². The third kappa shape index (κ3) is 4.33. The zero-order valence-electron chi connectivity index (χ0n) is 11.9. The van der Waals surface area contributed by atoms with Gasteiger partial charge in [-0.3, -0.25) is 4.79 Å². The van der Waals surface area contributed by atoms with Gasteiger partial charge in [-0.1, -0.05) is 11.6 Å². The van der Waals surface area contributed by atoms with Crippen LogP contribution >= 0.6 is 11.6 Å². The number of nitrogens with zero attached hydrogens (tertiary/aromatic N) is 2. The number of carbonyl (C=O) groups excluding carboxylic acids is 1. The SMILES string of the molecule is COCCN(C(=O)c1cc(N)ncc1Cl)C(C)COC. The fraction of sp³-hybridized carbons (Fsp3) is 0.538. The molecule has 0 aliphatic carbocycles. The van der Waals surface area contributed by atoms with Gasteiger partial charge in [0.25, 0.3) is 5.91 Å². The minimum atomic E-state index is -0.217. The van der Waals surface area contributed by atoms with Gasteiger partial charge in [-0.15, -0.1) is 0 Å². The summed E-state index contributed by atoms with van der Waals surface area (Å²) in [6, 6.07) is 1.37. The van der Waals surface area contributed by atoms with Crippen molar-refractivity contribution < 1.29 is 14.3 Å². The van der Waals surface area contributed by atoms with E-state index >= 15 is 0 Å². The van der Waals surface area contributed by atoms with Crippen LogP contribution in [0.25, 0.3) is 0 Å². The lowest BCUT2D eigenvalue weighted by atomic mass is 10.2. The normalized spacial score (nSPS) is 12.2. The smallest absolute Gasteiger partial charge is 0.255 e. The van der Waals surface area contributed by atoms with Crippen LogP contribution < -0.4 is 5.73 Å². The fourth-order valence-electron chi connectivity index (χ4n) is 1.82. The average molecular weight is 302 g/mol. The highest BCUT2D eigenvalue weighted by Crippen LogP contribution is 2.19. The van der Waals surface area contributed by atoms with Crippen molar-refractivity contribution in [2.24, 2.45) is 0 Å². The van der Waals surface area contributed by atoms with Crippen LogP contribution in [-0.4, -0.2) is 55.8 Å². The van der Waals surface area contributed by atoms with E-state index in [0.717, 1.165) is 0 Å². The van der Waals surface area contributed by atoms with Gasteiger partial charge >= 0.3 is 0 Å². The highest BCUT2D eigenvalue weighted by Gasteiger charge is 2.23. The molecule has 0 saturated heterocycles. The number of nitrogens with two attached hydrogens (primary N) is 1. The van der Waals surface area contributed by atoms with Crippen LogP contribution in [0.5, 0.6) is 0 Å². The van der Waals surface area contributed by atoms with Crippen molar-refractivity contribution in [3.63, 3.8) is 0 Å². The van der Waals surface area contributed by atoms with Gasteiger partial charge in [0.15, 0.2) is 0 Å². The van der Waals surface area contributed by atoms with E-state index in [4.69, 9.17) is 26.8 Å². The maximum absolute atomic E-state index is 12.6. The Labute approximate surface area is 123 Å². The number of carbonyl (C=O) groups is 1. The molecule has 0 spiro atoms.